The lowest BCUT2D eigenvalue weighted by atomic mass is 10.1. The molecule has 1 aliphatic rings. The molecule has 0 amide bonds. The van der Waals surface area contributed by atoms with E-state index >= 15 is 0 Å². The highest BCUT2D eigenvalue weighted by Gasteiger charge is 2.22. The molecule has 102 valence electrons. The van der Waals surface area contributed by atoms with Crippen LogP contribution in [-0.4, -0.2) is 36.5 Å². The van der Waals surface area contributed by atoms with Gasteiger partial charge in [0.25, 0.3) is 0 Å². The standard InChI is InChI=1S/C15H19NO3/c1-16(2)8-7-13(17)12-5-6-14(18)15(9-12)19-10-11-3-4-11/h5-9,11,18H,3-4,10H2,1-2H3/b8-7+. The van der Waals surface area contributed by atoms with Gasteiger partial charge in [-0.3, -0.25) is 4.79 Å². The minimum Gasteiger partial charge on any atom is -0.504 e. The van der Waals surface area contributed by atoms with E-state index in [0.717, 1.165) is 0 Å². The number of hydrogen-bond acceptors (Lipinski definition) is 4. The van der Waals surface area contributed by atoms with Gasteiger partial charge in [-0.05, 0) is 37.0 Å². The first-order chi connectivity index (χ1) is 9.06. The van der Waals surface area contributed by atoms with Crippen LogP contribution in [0.4, 0.5) is 0 Å². The van der Waals surface area contributed by atoms with Crippen LogP contribution in [0.5, 0.6) is 11.5 Å². The molecule has 4 nitrogen and oxygen atoms in total. The van der Waals surface area contributed by atoms with Crippen molar-refractivity contribution in [2.75, 3.05) is 20.7 Å². The highest BCUT2D eigenvalue weighted by Crippen LogP contribution is 2.32. The van der Waals surface area contributed by atoms with Crippen LogP contribution in [0.25, 0.3) is 0 Å². The largest absolute Gasteiger partial charge is 0.504 e. The number of ketones is 1. The Morgan fingerprint density at radius 3 is 2.84 bits per heavy atom. The van der Waals surface area contributed by atoms with Crippen LogP contribution in [0.3, 0.4) is 0 Å². The fraction of sp³-hybridized carbons (Fsp3) is 0.400. The van der Waals surface area contributed by atoms with Crippen molar-refractivity contribution in [1.29, 1.82) is 0 Å². The summed E-state index contributed by atoms with van der Waals surface area (Å²) in [6.07, 6.45) is 5.56. The topological polar surface area (TPSA) is 49.8 Å². The second-order valence-electron chi connectivity index (χ2n) is 5.08. The Bertz CT molecular complexity index is 490. The van der Waals surface area contributed by atoms with Crippen molar-refractivity contribution < 1.29 is 14.6 Å². The molecule has 1 fully saturated rings. The Balaban J connectivity index is 2.07. The van der Waals surface area contributed by atoms with E-state index in [9.17, 15) is 9.90 Å². The zero-order valence-electron chi connectivity index (χ0n) is 11.3. The third-order valence-electron chi connectivity index (χ3n) is 2.94. The monoisotopic (exact) mass is 261 g/mol. The molecular formula is C15H19NO3. The summed E-state index contributed by atoms with van der Waals surface area (Å²) in [7, 11) is 3.70. The number of benzene rings is 1. The van der Waals surface area contributed by atoms with Gasteiger partial charge < -0.3 is 14.7 Å². The number of hydrogen-bond donors (Lipinski definition) is 1. The van der Waals surface area contributed by atoms with Crippen molar-refractivity contribution in [2.24, 2.45) is 5.92 Å². The number of allylic oxidation sites excluding steroid dienone is 1. The molecule has 0 aromatic heterocycles. The third kappa shape index (κ3) is 4.02. The van der Waals surface area contributed by atoms with Crippen molar-refractivity contribution in [3.8, 4) is 11.5 Å². The van der Waals surface area contributed by atoms with Gasteiger partial charge in [-0.25, -0.2) is 0 Å². The van der Waals surface area contributed by atoms with Crippen LogP contribution in [0.2, 0.25) is 0 Å². The molecule has 2 rings (SSSR count). The van der Waals surface area contributed by atoms with Crippen LogP contribution in [0.1, 0.15) is 23.2 Å². The van der Waals surface area contributed by atoms with Gasteiger partial charge in [0.1, 0.15) is 0 Å². The van der Waals surface area contributed by atoms with E-state index in [2.05, 4.69) is 0 Å². The minimum atomic E-state index is -0.107. The summed E-state index contributed by atoms with van der Waals surface area (Å²) in [6, 6.07) is 4.70. The lowest BCUT2D eigenvalue weighted by Gasteiger charge is -2.08. The first kappa shape index (κ1) is 13.5. The van der Waals surface area contributed by atoms with Crippen molar-refractivity contribution in [1.82, 2.24) is 4.90 Å². The van der Waals surface area contributed by atoms with E-state index in [-0.39, 0.29) is 11.5 Å². The maximum absolute atomic E-state index is 11.9. The number of carbonyl (C=O) groups excluding carboxylic acids is 1. The maximum atomic E-state index is 11.9. The van der Waals surface area contributed by atoms with Gasteiger partial charge in [0, 0.05) is 31.9 Å². The Morgan fingerprint density at radius 1 is 1.47 bits per heavy atom. The van der Waals surface area contributed by atoms with Gasteiger partial charge in [-0.2, -0.15) is 0 Å². The Hall–Kier alpha value is -1.97. The Morgan fingerprint density at radius 2 is 2.21 bits per heavy atom. The van der Waals surface area contributed by atoms with E-state index in [1.54, 1.807) is 23.2 Å². The zero-order chi connectivity index (χ0) is 13.8. The quantitative estimate of drug-likeness (QED) is 0.631. The molecule has 1 N–H and O–H groups in total. The summed E-state index contributed by atoms with van der Waals surface area (Å²) in [5.74, 6) is 0.960. The fourth-order valence-electron chi connectivity index (χ4n) is 1.59. The van der Waals surface area contributed by atoms with Gasteiger partial charge in [-0.15, -0.1) is 0 Å². The smallest absolute Gasteiger partial charge is 0.187 e. The molecule has 0 saturated heterocycles. The van der Waals surface area contributed by atoms with Crippen molar-refractivity contribution in [3.63, 3.8) is 0 Å². The molecule has 1 saturated carbocycles. The predicted molar refractivity (Wildman–Crippen MR) is 73.5 cm³/mol. The number of phenols is 1. The summed E-state index contributed by atoms with van der Waals surface area (Å²) in [4.78, 5) is 13.7. The number of ether oxygens (including phenoxy) is 1. The van der Waals surface area contributed by atoms with Crippen LogP contribution in [-0.2, 0) is 0 Å². The van der Waals surface area contributed by atoms with Crippen LogP contribution in [0, 0.1) is 5.92 Å². The number of nitrogens with zero attached hydrogens (tertiary/aromatic N) is 1. The molecule has 19 heavy (non-hydrogen) atoms. The highest BCUT2D eigenvalue weighted by molar-refractivity contribution is 6.04. The first-order valence-corrected chi connectivity index (χ1v) is 6.41. The molecular weight excluding hydrogens is 242 g/mol. The molecule has 0 spiro atoms. The average Bonchev–Trinajstić information content (AvgIpc) is 3.19. The number of phenolic OH excluding ortho intramolecular Hbond substituents is 1. The van der Waals surface area contributed by atoms with E-state index in [1.165, 1.54) is 25.0 Å². The molecule has 0 atom stereocenters. The van der Waals surface area contributed by atoms with Crippen LogP contribution >= 0.6 is 0 Å². The molecule has 1 aliphatic carbocycles. The molecule has 0 bridgehead atoms. The van der Waals surface area contributed by atoms with Gasteiger partial charge in [-0.1, -0.05) is 0 Å². The van der Waals surface area contributed by atoms with Gasteiger partial charge in [0.15, 0.2) is 17.3 Å². The Labute approximate surface area is 113 Å². The molecule has 0 heterocycles. The molecule has 1 aromatic rings. The minimum absolute atomic E-state index is 0.0776. The predicted octanol–water partition coefficient (Wildman–Crippen LogP) is 2.44. The number of rotatable bonds is 6. The summed E-state index contributed by atoms with van der Waals surface area (Å²) < 4.78 is 5.54. The van der Waals surface area contributed by atoms with E-state index < -0.39 is 0 Å². The zero-order valence-corrected chi connectivity index (χ0v) is 11.3. The summed E-state index contributed by atoms with van der Waals surface area (Å²) in [5.41, 5.74) is 0.515. The SMILES string of the molecule is CN(C)/C=C/C(=O)c1ccc(O)c(OCC2CC2)c1. The normalized spacial score (nSPS) is 14.6. The summed E-state index contributed by atoms with van der Waals surface area (Å²) in [5, 5.41) is 9.71. The second-order valence-corrected chi connectivity index (χ2v) is 5.08. The van der Waals surface area contributed by atoms with E-state index in [0.29, 0.717) is 23.8 Å². The van der Waals surface area contributed by atoms with E-state index in [1.807, 2.05) is 14.1 Å². The number of aromatic hydroxyl groups is 1. The van der Waals surface area contributed by atoms with E-state index in [4.69, 9.17) is 4.74 Å². The fourth-order valence-corrected chi connectivity index (χ4v) is 1.59. The van der Waals surface area contributed by atoms with Crippen LogP contribution in [0.15, 0.2) is 30.5 Å². The lowest BCUT2D eigenvalue weighted by Crippen LogP contribution is -2.04. The van der Waals surface area contributed by atoms with Gasteiger partial charge in [0.2, 0.25) is 0 Å². The summed E-state index contributed by atoms with van der Waals surface area (Å²) in [6.45, 7) is 0.610. The average molecular weight is 261 g/mol. The highest BCUT2D eigenvalue weighted by atomic mass is 16.5. The molecule has 0 radical (unpaired) electrons. The Kier molecular flexibility index (Phi) is 4.10. The molecule has 0 unspecified atom stereocenters. The maximum Gasteiger partial charge on any atom is 0.187 e. The van der Waals surface area contributed by atoms with Crippen molar-refractivity contribution in [2.45, 2.75) is 12.8 Å². The van der Waals surface area contributed by atoms with Crippen molar-refractivity contribution >= 4 is 5.78 Å². The van der Waals surface area contributed by atoms with Gasteiger partial charge >= 0.3 is 0 Å². The number of carbonyl (C=O) groups is 1. The molecule has 0 aliphatic heterocycles. The van der Waals surface area contributed by atoms with Gasteiger partial charge in [0.05, 0.1) is 6.61 Å². The second kappa shape index (κ2) is 5.78. The first-order valence-electron chi connectivity index (χ1n) is 6.41. The van der Waals surface area contributed by atoms with Crippen molar-refractivity contribution in [3.05, 3.63) is 36.0 Å². The van der Waals surface area contributed by atoms with Crippen LogP contribution < -0.4 is 4.74 Å². The lowest BCUT2D eigenvalue weighted by molar-refractivity contribution is 0.104. The summed E-state index contributed by atoms with van der Waals surface area (Å²) >= 11 is 0. The molecule has 1 aromatic carbocycles. The molecule has 4 heteroatoms. The third-order valence-corrected chi connectivity index (χ3v) is 2.94.